The Hall–Kier alpha value is -6.65. The molecule has 0 aromatic heterocycles. The highest BCUT2D eigenvalue weighted by molar-refractivity contribution is 8.00. The molecule has 0 aliphatic carbocycles. The van der Waals surface area contributed by atoms with Crippen molar-refractivity contribution in [3.8, 4) is 0 Å². The molecule has 0 saturated carbocycles. The van der Waals surface area contributed by atoms with Crippen LogP contribution in [-0.4, -0.2) is 28.9 Å². The third-order valence-electron chi connectivity index (χ3n) is 8.29. The molecule has 1 aliphatic rings. The molecule has 2 N–H and O–H groups in total. The van der Waals surface area contributed by atoms with Gasteiger partial charge in [-0.05, 0) is 95.2 Å². The number of amides is 4. The Morgan fingerprint density at radius 2 is 1.33 bits per heavy atom. The molecule has 6 aromatic carbocycles. The van der Waals surface area contributed by atoms with Crippen LogP contribution in [0.3, 0.4) is 0 Å². The van der Waals surface area contributed by atoms with Crippen LogP contribution >= 0.6 is 11.8 Å². The first-order valence-electron chi connectivity index (χ1n) is 16.5. The molecule has 6 aromatic rings. The number of carbonyl (C=O) groups is 4. The summed E-state index contributed by atoms with van der Waals surface area (Å²) < 4.78 is 0. The average molecular weight is 702 g/mol. The number of hydrogen-bond donors (Lipinski definition) is 2. The van der Waals surface area contributed by atoms with Gasteiger partial charge in [-0.15, -0.1) is 11.8 Å². The number of benzene rings is 6. The zero-order valence-electron chi connectivity index (χ0n) is 27.7. The summed E-state index contributed by atoms with van der Waals surface area (Å²) in [4.78, 5) is 55.1. The molecule has 10 heteroatoms. The van der Waals surface area contributed by atoms with Gasteiger partial charge in [-0.2, -0.15) is 10.2 Å². The summed E-state index contributed by atoms with van der Waals surface area (Å²) in [7, 11) is 0. The number of azo groups is 1. The van der Waals surface area contributed by atoms with Gasteiger partial charge in [0.2, 0.25) is 11.8 Å². The van der Waals surface area contributed by atoms with Crippen LogP contribution in [0.5, 0.6) is 0 Å². The van der Waals surface area contributed by atoms with E-state index in [1.807, 2.05) is 78.9 Å². The van der Waals surface area contributed by atoms with E-state index in [0.717, 1.165) is 26.9 Å². The normalized spacial score (nSPS) is 14.6. The first-order valence-corrected chi connectivity index (χ1v) is 17.4. The average Bonchev–Trinajstić information content (AvgIpc) is 3.46. The molecule has 0 radical (unpaired) electrons. The molecular formula is C42H31N5O4S. The molecule has 0 spiro atoms. The quantitative estimate of drug-likeness (QED) is 0.0839. The molecule has 1 saturated heterocycles. The summed E-state index contributed by atoms with van der Waals surface area (Å²) in [5.41, 5.74) is 3.55. The van der Waals surface area contributed by atoms with Crippen molar-refractivity contribution in [2.75, 3.05) is 10.2 Å². The van der Waals surface area contributed by atoms with E-state index in [2.05, 4.69) is 20.9 Å². The second kappa shape index (κ2) is 15.5. The monoisotopic (exact) mass is 701 g/mol. The second-order valence-corrected chi connectivity index (χ2v) is 13.1. The first kappa shape index (κ1) is 33.8. The summed E-state index contributed by atoms with van der Waals surface area (Å²) in [6, 6.07) is 45.4. The van der Waals surface area contributed by atoms with Gasteiger partial charge in [0.25, 0.3) is 11.8 Å². The molecule has 1 aliphatic heterocycles. The van der Waals surface area contributed by atoms with Gasteiger partial charge in [-0.3, -0.25) is 19.2 Å². The first-order chi connectivity index (χ1) is 25.4. The number of rotatable bonds is 10. The molecule has 7 rings (SSSR count). The van der Waals surface area contributed by atoms with E-state index >= 15 is 0 Å². The molecule has 1 fully saturated rings. The number of nitrogens with one attached hydrogen (secondary N) is 2. The number of hydrogen-bond acceptors (Lipinski definition) is 7. The number of imide groups is 1. The third-order valence-corrected chi connectivity index (χ3v) is 9.49. The van der Waals surface area contributed by atoms with Crippen LogP contribution in [0.25, 0.3) is 16.8 Å². The summed E-state index contributed by atoms with van der Waals surface area (Å²) in [6.07, 6.45) is 1.72. The summed E-state index contributed by atoms with van der Waals surface area (Å²) >= 11 is 1.29. The van der Waals surface area contributed by atoms with Gasteiger partial charge in [0, 0.05) is 22.6 Å². The van der Waals surface area contributed by atoms with E-state index in [9.17, 15) is 19.2 Å². The van der Waals surface area contributed by atoms with Gasteiger partial charge in [-0.25, -0.2) is 4.90 Å². The highest BCUT2D eigenvalue weighted by Crippen LogP contribution is 2.35. The molecule has 0 bridgehead atoms. The zero-order valence-corrected chi connectivity index (χ0v) is 28.5. The zero-order chi connectivity index (χ0) is 35.9. The number of nitrogens with zero attached hydrogens (tertiary/aromatic N) is 3. The molecule has 9 nitrogen and oxygen atoms in total. The molecular weight excluding hydrogens is 671 g/mol. The van der Waals surface area contributed by atoms with Crippen molar-refractivity contribution in [2.45, 2.75) is 16.6 Å². The highest BCUT2D eigenvalue weighted by Gasteiger charge is 2.40. The third kappa shape index (κ3) is 7.88. The van der Waals surface area contributed by atoms with E-state index in [1.54, 1.807) is 78.9 Å². The number of anilines is 2. The minimum atomic E-state index is -0.603. The van der Waals surface area contributed by atoms with Gasteiger partial charge >= 0.3 is 0 Å². The van der Waals surface area contributed by atoms with Crippen molar-refractivity contribution in [1.29, 1.82) is 0 Å². The van der Waals surface area contributed by atoms with Crippen molar-refractivity contribution in [2.24, 2.45) is 10.2 Å². The molecule has 1 unspecified atom stereocenters. The van der Waals surface area contributed by atoms with Crippen LogP contribution in [0.15, 0.2) is 172 Å². The van der Waals surface area contributed by atoms with E-state index in [-0.39, 0.29) is 23.9 Å². The Kier molecular flexibility index (Phi) is 10.1. The lowest BCUT2D eigenvalue weighted by molar-refractivity contribution is -0.121. The number of carbonyl (C=O) groups excluding carboxylic acids is 4. The van der Waals surface area contributed by atoms with Crippen molar-refractivity contribution < 1.29 is 19.2 Å². The maximum atomic E-state index is 13.7. The summed E-state index contributed by atoms with van der Waals surface area (Å²) in [5, 5.41) is 15.4. The van der Waals surface area contributed by atoms with Crippen LogP contribution in [0.4, 0.5) is 22.7 Å². The standard InChI is InChI=1S/C42H31N5O4S/c48-39-27-38(42(51)47(39)34-22-18-33(19-23-34)46-45-32-15-5-2-6-16-32)52-35-24-20-31(21-25-35)43-41(50)37(44-40(49)29-11-3-1-4-12-29)26-30-14-9-13-28-10-7-8-17-36(28)30/h1-26,38H,27H2,(H,43,50)(H,44,49)/b37-26-,46-45?. The van der Waals surface area contributed by atoms with Gasteiger partial charge in [-0.1, -0.05) is 78.9 Å². The summed E-state index contributed by atoms with van der Waals surface area (Å²) in [6.45, 7) is 0. The van der Waals surface area contributed by atoms with Crippen LogP contribution in [0.1, 0.15) is 22.3 Å². The topological polar surface area (TPSA) is 120 Å². The van der Waals surface area contributed by atoms with Crippen LogP contribution in [0.2, 0.25) is 0 Å². The Labute approximate surface area is 304 Å². The minimum Gasteiger partial charge on any atom is -0.321 e. The number of thioether (sulfide) groups is 1. The number of fused-ring (bicyclic) bond motifs is 1. The Morgan fingerprint density at radius 1 is 0.692 bits per heavy atom. The molecule has 52 heavy (non-hydrogen) atoms. The predicted molar refractivity (Wildman–Crippen MR) is 205 cm³/mol. The second-order valence-electron chi connectivity index (χ2n) is 11.9. The fourth-order valence-corrected chi connectivity index (χ4v) is 6.75. The van der Waals surface area contributed by atoms with Crippen molar-refractivity contribution in [3.63, 3.8) is 0 Å². The predicted octanol–water partition coefficient (Wildman–Crippen LogP) is 9.09. The van der Waals surface area contributed by atoms with Gasteiger partial charge in [0.1, 0.15) is 5.70 Å². The lowest BCUT2D eigenvalue weighted by Gasteiger charge is -2.15. The highest BCUT2D eigenvalue weighted by atomic mass is 32.2. The SMILES string of the molecule is O=C(Nc1ccc(SC2CC(=O)N(c3ccc(N=Nc4ccccc4)cc3)C2=O)cc1)/C(=C/c1cccc2ccccc12)NC(=O)c1ccccc1. The van der Waals surface area contributed by atoms with E-state index in [4.69, 9.17) is 0 Å². The molecule has 254 valence electrons. The smallest absolute Gasteiger partial charge is 0.272 e. The maximum Gasteiger partial charge on any atom is 0.272 e. The van der Waals surface area contributed by atoms with E-state index < -0.39 is 17.1 Å². The Morgan fingerprint density at radius 3 is 2.06 bits per heavy atom. The van der Waals surface area contributed by atoms with Crippen molar-refractivity contribution >= 4 is 75.0 Å². The Bertz CT molecular complexity index is 2320. The lowest BCUT2D eigenvalue weighted by Crippen LogP contribution is -2.31. The maximum absolute atomic E-state index is 13.7. The lowest BCUT2D eigenvalue weighted by atomic mass is 10.0. The minimum absolute atomic E-state index is 0.0564. The van der Waals surface area contributed by atoms with E-state index in [0.29, 0.717) is 22.6 Å². The van der Waals surface area contributed by atoms with Crippen LogP contribution in [-0.2, 0) is 14.4 Å². The summed E-state index contributed by atoms with van der Waals surface area (Å²) in [5.74, 6) is -1.50. The Balaban J connectivity index is 1.03. The van der Waals surface area contributed by atoms with Gasteiger partial charge < -0.3 is 10.6 Å². The van der Waals surface area contributed by atoms with Crippen molar-refractivity contribution in [1.82, 2.24) is 5.32 Å². The molecule has 1 atom stereocenters. The van der Waals surface area contributed by atoms with Crippen molar-refractivity contribution in [3.05, 3.63) is 168 Å². The van der Waals surface area contributed by atoms with E-state index in [1.165, 1.54) is 16.7 Å². The van der Waals surface area contributed by atoms with Gasteiger partial charge in [0.15, 0.2) is 0 Å². The van der Waals surface area contributed by atoms with Gasteiger partial charge in [0.05, 0.1) is 22.3 Å². The fraction of sp³-hybridized carbons (Fsp3) is 0.0476. The molecule has 1 heterocycles. The van der Waals surface area contributed by atoms with Crippen LogP contribution < -0.4 is 15.5 Å². The van der Waals surface area contributed by atoms with Crippen LogP contribution in [0, 0.1) is 0 Å². The largest absolute Gasteiger partial charge is 0.321 e. The fourth-order valence-electron chi connectivity index (χ4n) is 5.70. The molecule has 4 amide bonds.